The van der Waals surface area contributed by atoms with Gasteiger partial charge in [0.1, 0.15) is 0 Å². The molecule has 0 aliphatic rings. The summed E-state index contributed by atoms with van der Waals surface area (Å²) in [6.45, 7) is 2.14. The van der Waals surface area contributed by atoms with Crippen LogP contribution >= 0.6 is 11.8 Å². The van der Waals surface area contributed by atoms with Crippen molar-refractivity contribution in [1.29, 1.82) is 0 Å². The van der Waals surface area contributed by atoms with Crippen molar-refractivity contribution in [2.75, 3.05) is 22.6 Å². The largest absolute Gasteiger partial charge is 0.397 e. The SMILES string of the molecule is CCCCSCC(=O)Nc1ccccc1N. The van der Waals surface area contributed by atoms with Gasteiger partial charge in [0.15, 0.2) is 0 Å². The monoisotopic (exact) mass is 238 g/mol. The van der Waals surface area contributed by atoms with Crippen molar-refractivity contribution < 1.29 is 4.79 Å². The normalized spacial score (nSPS) is 10.1. The number of unbranched alkanes of at least 4 members (excludes halogenated alkanes) is 1. The molecule has 16 heavy (non-hydrogen) atoms. The van der Waals surface area contributed by atoms with E-state index in [1.54, 1.807) is 17.8 Å². The number of nitrogens with one attached hydrogen (secondary N) is 1. The van der Waals surface area contributed by atoms with Gasteiger partial charge in [-0.05, 0) is 24.3 Å². The van der Waals surface area contributed by atoms with Gasteiger partial charge in [-0.15, -0.1) is 0 Å². The molecule has 0 saturated carbocycles. The highest BCUT2D eigenvalue weighted by Gasteiger charge is 2.04. The highest BCUT2D eigenvalue weighted by molar-refractivity contribution is 7.99. The fraction of sp³-hybridized carbons (Fsp3) is 0.417. The van der Waals surface area contributed by atoms with E-state index in [0.29, 0.717) is 17.1 Å². The number of amides is 1. The number of para-hydroxylation sites is 2. The van der Waals surface area contributed by atoms with E-state index in [1.165, 1.54) is 6.42 Å². The molecule has 0 heterocycles. The summed E-state index contributed by atoms with van der Waals surface area (Å²) >= 11 is 1.66. The molecule has 0 radical (unpaired) electrons. The fourth-order valence-electron chi connectivity index (χ4n) is 1.21. The van der Waals surface area contributed by atoms with Crippen molar-refractivity contribution in [3.8, 4) is 0 Å². The minimum absolute atomic E-state index is 0.0130. The second-order valence-electron chi connectivity index (χ2n) is 3.54. The Kier molecular flexibility index (Phi) is 5.78. The van der Waals surface area contributed by atoms with Gasteiger partial charge in [-0.1, -0.05) is 25.5 Å². The topological polar surface area (TPSA) is 55.1 Å². The number of hydrogen-bond acceptors (Lipinski definition) is 3. The van der Waals surface area contributed by atoms with Gasteiger partial charge in [0.05, 0.1) is 17.1 Å². The Morgan fingerprint density at radius 1 is 1.44 bits per heavy atom. The summed E-state index contributed by atoms with van der Waals surface area (Å²) in [5.41, 5.74) is 7.03. The van der Waals surface area contributed by atoms with Gasteiger partial charge in [-0.25, -0.2) is 0 Å². The smallest absolute Gasteiger partial charge is 0.234 e. The van der Waals surface area contributed by atoms with E-state index in [4.69, 9.17) is 5.73 Å². The van der Waals surface area contributed by atoms with Gasteiger partial charge >= 0.3 is 0 Å². The number of rotatable bonds is 6. The summed E-state index contributed by atoms with van der Waals surface area (Å²) in [6.07, 6.45) is 2.33. The van der Waals surface area contributed by atoms with E-state index in [0.717, 1.165) is 12.2 Å². The van der Waals surface area contributed by atoms with Crippen LogP contribution in [-0.4, -0.2) is 17.4 Å². The molecule has 0 spiro atoms. The first-order valence-corrected chi connectivity index (χ1v) is 6.61. The molecular formula is C12H18N2OS. The molecule has 0 saturated heterocycles. The Bertz CT molecular complexity index is 342. The van der Waals surface area contributed by atoms with Crippen molar-refractivity contribution in [1.82, 2.24) is 0 Å². The number of carbonyl (C=O) groups is 1. The first kappa shape index (κ1) is 12.9. The van der Waals surface area contributed by atoms with Crippen LogP contribution in [0.2, 0.25) is 0 Å². The first-order chi connectivity index (χ1) is 7.74. The van der Waals surface area contributed by atoms with E-state index in [-0.39, 0.29) is 5.91 Å². The molecule has 1 aromatic rings. The first-order valence-electron chi connectivity index (χ1n) is 5.46. The summed E-state index contributed by atoms with van der Waals surface area (Å²) < 4.78 is 0. The molecule has 0 aliphatic heterocycles. The number of anilines is 2. The molecule has 0 atom stereocenters. The minimum Gasteiger partial charge on any atom is -0.397 e. The van der Waals surface area contributed by atoms with Crippen LogP contribution in [0.4, 0.5) is 11.4 Å². The molecule has 1 amide bonds. The number of nitrogen functional groups attached to an aromatic ring is 1. The molecule has 0 aromatic heterocycles. The molecule has 1 rings (SSSR count). The maximum absolute atomic E-state index is 11.5. The zero-order chi connectivity index (χ0) is 11.8. The van der Waals surface area contributed by atoms with E-state index in [9.17, 15) is 4.79 Å². The summed E-state index contributed by atoms with van der Waals surface area (Å²) in [7, 11) is 0. The number of benzene rings is 1. The highest BCUT2D eigenvalue weighted by atomic mass is 32.2. The van der Waals surface area contributed by atoms with Crippen molar-refractivity contribution >= 4 is 29.0 Å². The number of hydrogen-bond donors (Lipinski definition) is 2. The molecular weight excluding hydrogens is 220 g/mol. The van der Waals surface area contributed by atoms with E-state index < -0.39 is 0 Å². The summed E-state index contributed by atoms with van der Waals surface area (Å²) in [6, 6.07) is 7.29. The van der Waals surface area contributed by atoms with Crippen LogP contribution < -0.4 is 11.1 Å². The average Bonchev–Trinajstić information content (AvgIpc) is 2.28. The Labute approximate surface area is 101 Å². The summed E-state index contributed by atoms with van der Waals surface area (Å²) in [5, 5.41) is 2.80. The molecule has 3 nitrogen and oxygen atoms in total. The third-order valence-electron chi connectivity index (χ3n) is 2.11. The van der Waals surface area contributed by atoms with Crippen molar-refractivity contribution in [2.24, 2.45) is 0 Å². The molecule has 1 aromatic carbocycles. The third-order valence-corrected chi connectivity index (χ3v) is 3.15. The predicted octanol–water partition coefficient (Wildman–Crippen LogP) is 2.74. The Balaban J connectivity index is 2.32. The van der Waals surface area contributed by atoms with Crippen molar-refractivity contribution in [3.05, 3.63) is 24.3 Å². The number of carbonyl (C=O) groups excluding carboxylic acids is 1. The van der Waals surface area contributed by atoms with Gasteiger partial charge in [-0.2, -0.15) is 11.8 Å². The van der Waals surface area contributed by atoms with Crippen LogP contribution in [-0.2, 0) is 4.79 Å². The quantitative estimate of drug-likeness (QED) is 0.592. The lowest BCUT2D eigenvalue weighted by Crippen LogP contribution is -2.15. The summed E-state index contributed by atoms with van der Waals surface area (Å²) in [4.78, 5) is 11.5. The second kappa shape index (κ2) is 7.17. The molecule has 0 fully saturated rings. The highest BCUT2D eigenvalue weighted by Crippen LogP contribution is 2.17. The maximum atomic E-state index is 11.5. The van der Waals surface area contributed by atoms with E-state index in [1.807, 2.05) is 18.2 Å². The molecule has 0 unspecified atom stereocenters. The molecule has 88 valence electrons. The molecule has 4 heteroatoms. The van der Waals surface area contributed by atoms with Crippen LogP contribution in [0.25, 0.3) is 0 Å². The number of thioether (sulfide) groups is 1. The van der Waals surface area contributed by atoms with Gasteiger partial charge in [0.25, 0.3) is 0 Å². The molecule has 3 N–H and O–H groups in total. The van der Waals surface area contributed by atoms with Crippen LogP contribution in [0, 0.1) is 0 Å². The van der Waals surface area contributed by atoms with Crippen LogP contribution in [0.1, 0.15) is 19.8 Å². The lowest BCUT2D eigenvalue weighted by molar-refractivity contribution is -0.113. The maximum Gasteiger partial charge on any atom is 0.234 e. The molecule has 0 bridgehead atoms. The average molecular weight is 238 g/mol. The standard InChI is InChI=1S/C12H18N2OS/c1-2-3-8-16-9-12(15)14-11-7-5-4-6-10(11)13/h4-7H,2-3,8-9,13H2,1H3,(H,14,15). The van der Waals surface area contributed by atoms with Gasteiger partial charge in [0.2, 0.25) is 5.91 Å². The third kappa shape index (κ3) is 4.57. The van der Waals surface area contributed by atoms with E-state index >= 15 is 0 Å². The fourth-order valence-corrected chi connectivity index (χ4v) is 2.10. The second-order valence-corrected chi connectivity index (χ2v) is 4.65. The van der Waals surface area contributed by atoms with Crippen molar-refractivity contribution in [3.63, 3.8) is 0 Å². The number of nitrogens with two attached hydrogens (primary N) is 1. The lowest BCUT2D eigenvalue weighted by Gasteiger charge is -2.07. The minimum atomic E-state index is 0.0130. The zero-order valence-corrected chi connectivity index (χ0v) is 10.3. The van der Waals surface area contributed by atoms with Crippen LogP contribution in [0.15, 0.2) is 24.3 Å². The van der Waals surface area contributed by atoms with Gasteiger partial charge in [0, 0.05) is 0 Å². The zero-order valence-electron chi connectivity index (χ0n) is 9.53. The van der Waals surface area contributed by atoms with E-state index in [2.05, 4.69) is 12.2 Å². The van der Waals surface area contributed by atoms with Gasteiger partial charge < -0.3 is 11.1 Å². The van der Waals surface area contributed by atoms with Crippen molar-refractivity contribution in [2.45, 2.75) is 19.8 Å². The van der Waals surface area contributed by atoms with Crippen LogP contribution in [0.3, 0.4) is 0 Å². The summed E-state index contributed by atoms with van der Waals surface area (Å²) in [5.74, 6) is 1.54. The molecule has 0 aliphatic carbocycles. The van der Waals surface area contributed by atoms with Crippen LogP contribution in [0.5, 0.6) is 0 Å². The Morgan fingerprint density at radius 2 is 2.19 bits per heavy atom. The Morgan fingerprint density at radius 3 is 2.88 bits per heavy atom. The Hall–Kier alpha value is -1.16. The van der Waals surface area contributed by atoms with Gasteiger partial charge in [-0.3, -0.25) is 4.79 Å². The lowest BCUT2D eigenvalue weighted by atomic mass is 10.3. The predicted molar refractivity (Wildman–Crippen MR) is 71.7 cm³/mol.